The van der Waals surface area contributed by atoms with Crippen LogP contribution in [0.15, 0.2) is 30.5 Å². The van der Waals surface area contributed by atoms with Crippen molar-refractivity contribution in [1.82, 2.24) is 20.4 Å². The Hall–Kier alpha value is -2.06. The number of aromatic amines is 1. The third-order valence-corrected chi connectivity index (χ3v) is 4.63. The van der Waals surface area contributed by atoms with Crippen LogP contribution >= 0.6 is 32.2 Å². The number of aromatic nitrogens is 4. The van der Waals surface area contributed by atoms with Gasteiger partial charge in [-0.2, -0.15) is 0 Å². The molecule has 0 spiro atoms. The van der Waals surface area contributed by atoms with Gasteiger partial charge >= 0.3 is 5.97 Å². The van der Waals surface area contributed by atoms with E-state index in [-0.39, 0.29) is 11.6 Å². The molecule has 0 saturated carbocycles. The van der Waals surface area contributed by atoms with Gasteiger partial charge in [0.05, 0.1) is 5.44 Å². The number of H-pyrrole nitrogens is 1. The quantitative estimate of drug-likeness (QED) is 0.467. The summed E-state index contributed by atoms with van der Waals surface area (Å²) in [6, 6.07) is 7.72. The standard InChI is InChI=1S/C16H14IN4O3P/c1-8-6-11(23-14-13(16(22)24-17)19-21-20-14)3-4-12(8)10-5-9(2)15(25)18-7-10/h3-7H,25H2,1-2H3,(H,19,20,21). The van der Waals surface area contributed by atoms with Crippen LogP contribution in [-0.4, -0.2) is 26.4 Å². The Morgan fingerprint density at radius 1 is 1.24 bits per heavy atom. The fourth-order valence-corrected chi connectivity index (χ4v) is 2.70. The van der Waals surface area contributed by atoms with Crippen LogP contribution in [0.1, 0.15) is 21.6 Å². The van der Waals surface area contributed by atoms with Gasteiger partial charge in [0.25, 0.3) is 5.88 Å². The van der Waals surface area contributed by atoms with Crippen molar-refractivity contribution in [2.24, 2.45) is 0 Å². The number of carbonyl (C=O) groups excluding carboxylic acids is 1. The van der Waals surface area contributed by atoms with Gasteiger partial charge in [0.2, 0.25) is 5.69 Å². The van der Waals surface area contributed by atoms with Crippen molar-refractivity contribution in [2.75, 3.05) is 0 Å². The van der Waals surface area contributed by atoms with E-state index in [9.17, 15) is 4.79 Å². The maximum atomic E-state index is 11.6. The summed E-state index contributed by atoms with van der Waals surface area (Å²) in [5.74, 6) is 0.0672. The zero-order valence-corrected chi connectivity index (χ0v) is 16.7. The molecule has 0 fully saturated rings. The van der Waals surface area contributed by atoms with E-state index in [2.05, 4.69) is 38.8 Å². The van der Waals surface area contributed by atoms with Crippen LogP contribution in [0, 0.1) is 13.8 Å². The lowest BCUT2D eigenvalue weighted by molar-refractivity contribution is 0.0791. The van der Waals surface area contributed by atoms with Crippen LogP contribution in [0.25, 0.3) is 11.1 Å². The molecule has 128 valence electrons. The molecule has 2 aromatic heterocycles. The number of halogens is 1. The summed E-state index contributed by atoms with van der Waals surface area (Å²) in [5.41, 5.74) is 5.14. The second kappa shape index (κ2) is 7.45. The lowest BCUT2D eigenvalue weighted by atomic mass is 10.0. The number of nitrogens with zero attached hydrogens (tertiary/aromatic N) is 3. The number of pyridine rings is 1. The number of rotatable bonds is 4. The molecule has 7 nitrogen and oxygen atoms in total. The average molecular weight is 468 g/mol. The molecule has 2 heterocycles. The highest BCUT2D eigenvalue weighted by Gasteiger charge is 2.19. The van der Waals surface area contributed by atoms with Crippen LogP contribution in [0.5, 0.6) is 11.6 Å². The molecular formula is C16H14IN4O3P. The van der Waals surface area contributed by atoms with E-state index in [0.29, 0.717) is 5.75 Å². The third-order valence-electron chi connectivity index (χ3n) is 3.63. The van der Waals surface area contributed by atoms with Gasteiger partial charge in [-0.3, -0.25) is 4.98 Å². The normalized spacial score (nSPS) is 10.6. The molecule has 1 unspecified atom stereocenters. The summed E-state index contributed by atoms with van der Waals surface area (Å²) in [6.45, 7) is 4.00. The highest BCUT2D eigenvalue weighted by Crippen LogP contribution is 2.29. The van der Waals surface area contributed by atoms with Crippen molar-refractivity contribution in [3.63, 3.8) is 0 Å². The Labute approximate surface area is 160 Å². The van der Waals surface area contributed by atoms with Crippen LogP contribution in [0.3, 0.4) is 0 Å². The van der Waals surface area contributed by atoms with Gasteiger partial charge in [-0.05, 0) is 48.7 Å². The zero-order chi connectivity index (χ0) is 18.0. The first-order chi connectivity index (χ1) is 12.0. The van der Waals surface area contributed by atoms with E-state index in [4.69, 9.17) is 4.74 Å². The number of hydrogen-bond donors (Lipinski definition) is 1. The molecule has 0 aliphatic rings. The fourth-order valence-electron chi connectivity index (χ4n) is 2.33. The summed E-state index contributed by atoms with van der Waals surface area (Å²) in [5, 5.41) is 9.80. The van der Waals surface area contributed by atoms with E-state index < -0.39 is 5.97 Å². The summed E-state index contributed by atoms with van der Waals surface area (Å²) < 4.78 is 10.3. The average Bonchev–Trinajstić information content (AvgIpc) is 3.05. The second-order valence-electron chi connectivity index (χ2n) is 5.36. The Bertz CT molecular complexity index is 945. The summed E-state index contributed by atoms with van der Waals surface area (Å²) in [6.07, 6.45) is 1.84. The molecule has 1 aromatic carbocycles. The predicted octanol–water partition coefficient (Wildman–Crippen LogP) is 3.28. The number of aryl methyl sites for hydroxylation is 2. The number of carbonyl (C=O) groups is 1. The number of benzene rings is 1. The van der Waals surface area contributed by atoms with Crippen molar-refractivity contribution < 1.29 is 12.6 Å². The Kier molecular flexibility index (Phi) is 5.29. The minimum atomic E-state index is -0.628. The maximum absolute atomic E-state index is 11.6. The molecule has 0 saturated heterocycles. The first kappa shape index (κ1) is 17.8. The molecule has 0 aliphatic heterocycles. The van der Waals surface area contributed by atoms with Crippen molar-refractivity contribution in [3.05, 3.63) is 47.3 Å². The monoisotopic (exact) mass is 468 g/mol. The van der Waals surface area contributed by atoms with Crippen molar-refractivity contribution >= 4 is 43.6 Å². The molecule has 1 atom stereocenters. The van der Waals surface area contributed by atoms with E-state index in [1.165, 1.54) is 23.0 Å². The largest absolute Gasteiger partial charge is 0.437 e. The zero-order valence-electron chi connectivity index (χ0n) is 13.4. The minimum Gasteiger partial charge on any atom is -0.437 e. The third kappa shape index (κ3) is 3.80. The highest BCUT2D eigenvalue weighted by atomic mass is 127. The van der Waals surface area contributed by atoms with Gasteiger partial charge in [-0.15, -0.1) is 5.10 Å². The topological polar surface area (TPSA) is 90.0 Å². The molecule has 3 aromatic rings. The highest BCUT2D eigenvalue weighted by molar-refractivity contribution is 14.1. The predicted molar refractivity (Wildman–Crippen MR) is 104 cm³/mol. The van der Waals surface area contributed by atoms with Gasteiger partial charge in [0.15, 0.2) is 23.0 Å². The lowest BCUT2D eigenvalue weighted by Crippen LogP contribution is -2.02. The van der Waals surface area contributed by atoms with Crippen LogP contribution in [0.4, 0.5) is 0 Å². The molecular weight excluding hydrogens is 454 g/mol. The molecule has 25 heavy (non-hydrogen) atoms. The van der Waals surface area contributed by atoms with E-state index in [0.717, 1.165) is 27.7 Å². The van der Waals surface area contributed by atoms with E-state index in [1.54, 1.807) is 0 Å². The summed E-state index contributed by atoms with van der Waals surface area (Å²) in [7, 11) is 2.62. The Morgan fingerprint density at radius 2 is 2.04 bits per heavy atom. The SMILES string of the molecule is Cc1cc(Oc2[nH]nnc2C(=O)OI)ccc1-c1cnc(P)c(C)c1. The number of nitrogens with one attached hydrogen (secondary N) is 1. The number of ether oxygens (including phenoxy) is 1. The first-order valence-corrected chi connectivity index (χ1v) is 8.70. The van der Waals surface area contributed by atoms with Crippen LogP contribution in [-0.2, 0) is 3.07 Å². The maximum Gasteiger partial charge on any atom is 0.374 e. The number of hydrogen-bond acceptors (Lipinski definition) is 6. The first-order valence-electron chi connectivity index (χ1n) is 7.24. The fraction of sp³-hybridized carbons (Fsp3) is 0.125. The van der Waals surface area contributed by atoms with Crippen LogP contribution < -0.4 is 10.2 Å². The van der Waals surface area contributed by atoms with Crippen LogP contribution in [0.2, 0.25) is 0 Å². The molecule has 0 amide bonds. The molecule has 3 rings (SSSR count). The molecule has 0 bridgehead atoms. The van der Waals surface area contributed by atoms with E-state index in [1.807, 2.05) is 38.2 Å². The van der Waals surface area contributed by atoms with Crippen molar-refractivity contribution in [2.45, 2.75) is 13.8 Å². The van der Waals surface area contributed by atoms with Gasteiger partial charge < -0.3 is 7.80 Å². The molecule has 0 radical (unpaired) electrons. The van der Waals surface area contributed by atoms with Gasteiger partial charge in [0.1, 0.15) is 5.75 Å². The van der Waals surface area contributed by atoms with Crippen molar-refractivity contribution in [1.29, 1.82) is 0 Å². The second-order valence-corrected chi connectivity index (χ2v) is 6.35. The Balaban J connectivity index is 1.89. The lowest BCUT2D eigenvalue weighted by Gasteiger charge is -2.10. The Morgan fingerprint density at radius 3 is 2.72 bits per heavy atom. The van der Waals surface area contributed by atoms with Gasteiger partial charge in [-0.25, -0.2) is 9.89 Å². The van der Waals surface area contributed by atoms with Gasteiger partial charge in [0, 0.05) is 11.8 Å². The smallest absolute Gasteiger partial charge is 0.374 e. The summed E-state index contributed by atoms with van der Waals surface area (Å²) in [4.78, 5) is 16.0. The van der Waals surface area contributed by atoms with Gasteiger partial charge in [-0.1, -0.05) is 20.5 Å². The van der Waals surface area contributed by atoms with E-state index >= 15 is 0 Å². The summed E-state index contributed by atoms with van der Waals surface area (Å²) >= 11 is 1.49. The van der Waals surface area contributed by atoms with Crippen molar-refractivity contribution in [3.8, 4) is 22.8 Å². The molecule has 9 heteroatoms. The molecule has 0 aliphatic carbocycles. The minimum absolute atomic E-state index is 0.00742. The molecule has 1 N–H and O–H groups in total.